The van der Waals surface area contributed by atoms with E-state index in [9.17, 15) is 41.5 Å². The van der Waals surface area contributed by atoms with Crippen LogP contribution < -0.4 is 16.4 Å². The molecule has 16 heteroatoms. The molecule has 2 aromatic carbocycles. The third kappa shape index (κ3) is 9.54. The number of amides is 5. The van der Waals surface area contributed by atoms with Gasteiger partial charge in [0.15, 0.2) is 0 Å². The molecule has 1 aliphatic carbocycles. The van der Waals surface area contributed by atoms with Gasteiger partial charge in [-0.3, -0.25) is 14.4 Å². The molecule has 5 amide bonds. The summed E-state index contributed by atoms with van der Waals surface area (Å²) < 4.78 is 65.5. The first-order valence-electron chi connectivity index (χ1n) is 16.6. The highest BCUT2D eigenvalue weighted by Gasteiger charge is 2.58. The predicted molar refractivity (Wildman–Crippen MR) is 175 cm³/mol. The molecule has 278 valence electrons. The minimum atomic E-state index is -4.83. The Balaban J connectivity index is 1.45. The van der Waals surface area contributed by atoms with Gasteiger partial charge in [0, 0.05) is 25.1 Å². The average molecular weight is 722 g/mol. The number of carbonyl (C=O) groups is 5. The van der Waals surface area contributed by atoms with Gasteiger partial charge >= 0.3 is 18.4 Å². The summed E-state index contributed by atoms with van der Waals surface area (Å²) >= 11 is 0. The molecule has 4 rings (SSSR count). The first-order valence-corrected chi connectivity index (χ1v) is 16.6. The molecule has 12 nitrogen and oxygen atoms in total. The molecule has 3 atom stereocenters. The van der Waals surface area contributed by atoms with Gasteiger partial charge in [0.05, 0.1) is 0 Å². The Morgan fingerprint density at radius 3 is 2.35 bits per heavy atom. The molecule has 1 saturated heterocycles. The van der Waals surface area contributed by atoms with Gasteiger partial charge in [0.25, 0.3) is 5.91 Å². The number of nitrogens with two attached hydrogens (primary N) is 1. The summed E-state index contributed by atoms with van der Waals surface area (Å²) in [6.45, 7) is 4.84. The Morgan fingerprint density at radius 2 is 1.73 bits per heavy atom. The van der Waals surface area contributed by atoms with Gasteiger partial charge in [-0.05, 0) is 88.7 Å². The lowest BCUT2D eigenvalue weighted by molar-refractivity contribution is -0.187. The van der Waals surface area contributed by atoms with Crippen LogP contribution in [0.5, 0.6) is 0 Å². The number of alkyl carbamates (subject to hydrolysis) is 1. The number of carbonyl (C=O) groups excluding carboxylic acids is 5. The molecule has 2 aliphatic rings. The lowest BCUT2D eigenvalue weighted by atomic mass is 9.94. The summed E-state index contributed by atoms with van der Waals surface area (Å²) in [5.41, 5.74) is 4.93. The van der Waals surface area contributed by atoms with Crippen LogP contribution in [0.3, 0.4) is 0 Å². The van der Waals surface area contributed by atoms with E-state index in [1.54, 1.807) is 39.0 Å². The normalized spacial score (nSPS) is 18.3. The van der Waals surface area contributed by atoms with Crippen LogP contribution in [0.4, 0.5) is 27.2 Å². The zero-order chi connectivity index (χ0) is 37.7. The van der Waals surface area contributed by atoms with Crippen molar-refractivity contribution in [2.24, 2.45) is 5.73 Å². The van der Waals surface area contributed by atoms with Crippen LogP contribution in [0.15, 0.2) is 42.5 Å². The number of halogens is 4. The number of imide groups is 1. The van der Waals surface area contributed by atoms with Crippen LogP contribution in [0.25, 0.3) is 0 Å². The zero-order valence-electron chi connectivity index (χ0n) is 28.9. The fraction of sp³-hybridized carbons (Fsp3) is 0.514. The van der Waals surface area contributed by atoms with E-state index in [1.807, 2.05) is 0 Å². The van der Waals surface area contributed by atoms with E-state index in [4.69, 9.17) is 15.2 Å². The zero-order valence-corrected chi connectivity index (χ0v) is 28.9. The van der Waals surface area contributed by atoms with E-state index >= 15 is 0 Å². The Morgan fingerprint density at radius 1 is 1.06 bits per heavy atom. The van der Waals surface area contributed by atoms with Crippen LogP contribution in [0.2, 0.25) is 0 Å². The van der Waals surface area contributed by atoms with Crippen molar-refractivity contribution >= 4 is 29.9 Å². The summed E-state index contributed by atoms with van der Waals surface area (Å²) in [6, 6.07) is 6.35. The number of nitrogens with one attached hydrogen (secondary N) is 2. The molecule has 0 bridgehead atoms. The maximum atomic E-state index is 13.8. The van der Waals surface area contributed by atoms with Crippen molar-refractivity contribution in [1.29, 1.82) is 0 Å². The number of nitrogens with zero attached hydrogens (tertiary/aromatic N) is 2. The summed E-state index contributed by atoms with van der Waals surface area (Å²) in [4.78, 5) is 66.4. The monoisotopic (exact) mass is 721 g/mol. The third-order valence-corrected chi connectivity index (χ3v) is 8.67. The second-order valence-electron chi connectivity index (χ2n) is 13.6. The summed E-state index contributed by atoms with van der Waals surface area (Å²) in [5, 5.41) is 5.40. The van der Waals surface area contributed by atoms with E-state index in [0.29, 0.717) is 58.7 Å². The first-order chi connectivity index (χ1) is 23.8. The molecule has 0 saturated carbocycles. The van der Waals surface area contributed by atoms with E-state index in [-0.39, 0.29) is 18.5 Å². The largest absolute Gasteiger partial charge is 0.444 e. The molecule has 1 unspecified atom stereocenters. The van der Waals surface area contributed by atoms with Crippen molar-refractivity contribution in [1.82, 2.24) is 20.4 Å². The average Bonchev–Trinajstić information content (AvgIpc) is 3.52. The molecule has 0 aromatic heterocycles. The maximum absolute atomic E-state index is 13.8. The summed E-state index contributed by atoms with van der Waals surface area (Å²) in [6.07, 6.45) is -4.82. The fourth-order valence-corrected chi connectivity index (χ4v) is 5.97. The van der Waals surface area contributed by atoms with E-state index in [0.717, 1.165) is 19.1 Å². The first kappa shape index (κ1) is 39.1. The SMILES string of the molecule is C[C@H](N(Cc1ccc(F)cc1)C(=O)CN1C(=O)O[C@@]2(CCc3cc(CNC(=O)C(CCCCN)NC(=O)OC(C)(C)C)ccc32)C1=O)C(F)(F)F. The van der Waals surface area contributed by atoms with Gasteiger partial charge in [-0.25, -0.2) is 18.9 Å². The summed E-state index contributed by atoms with van der Waals surface area (Å²) in [5.74, 6) is -3.09. The Kier molecular flexibility index (Phi) is 12.0. The number of rotatable bonds is 13. The van der Waals surface area contributed by atoms with Gasteiger partial charge in [-0.15, -0.1) is 0 Å². The van der Waals surface area contributed by atoms with Crippen LogP contribution >= 0.6 is 0 Å². The number of alkyl halides is 3. The quantitative estimate of drug-likeness (QED) is 0.201. The Hall–Kier alpha value is -4.73. The maximum Gasteiger partial charge on any atom is 0.418 e. The second kappa shape index (κ2) is 15.7. The van der Waals surface area contributed by atoms with E-state index < -0.39 is 78.3 Å². The van der Waals surface area contributed by atoms with Crippen molar-refractivity contribution in [3.8, 4) is 0 Å². The second-order valence-corrected chi connectivity index (χ2v) is 13.6. The van der Waals surface area contributed by atoms with E-state index in [1.165, 1.54) is 12.1 Å². The highest BCUT2D eigenvalue weighted by Crippen LogP contribution is 2.45. The van der Waals surface area contributed by atoms with Crippen molar-refractivity contribution in [3.05, 3.63) is 70.5 Å². The molecule has 2 aromatic rings. The molecule has 0 radical (unpaired) electrons. The van der Waals surface area contributed by atoms with Gasteiger partial charge in [-0.1, -0.05) is 30.3 Å². The van der Waals surface area contributed by atoms with Crippen molar-refractivity contribution < 1.29 is 51.0 Å². The number of hydrogen-bond acceptors (Lipinski definition) is 8. The third-order valence-electron chi connectivity index (χ3n) is 8.67. The number of ether oxygens (including phenoxy) is 2. The minimum absolute atomic E-state index is 0.0364. The van der Waals surface area contributed by atoms with Gasteiger partial charge in [-0.2, -0.15) is 13.2 Å². The number of aryl methyl sites for hydroxylation is 1. The van der Waals surface area contributed by atoms with Crippen LogP contribution in [-0.2, 0) is 49.0 Å². The molecule has 1 aliphatic heterocycles. The van der Waals surface area contributed by atoms with E-state index in [2.05, 4.69) is 10.6 Å². The van der Waals surface area contributed by atoms with Gasteiger partial charge < -0.3 is 30.7 Å². The van der Waals surface area contributed by atoms with Crippen molar-refractivity contribution in [2.45, 2.75) is 102 Å². The van der Waals surface area contributed by atoms with Crippen LogP contribution in [-0.4, -0.2) is 76.7 Å². The lowest BCUT2D eigenvalue weighted by Gasteiger charge is -2.31. The fourth-order valence-electron chi connectivity index (χ4n) is 5.97. The molecule has 1 fully saturated rings. The van der Waals surface area contributed by atoms with Gasteiger partial charge in [0.2, 0.25) is 17.4 Å². The topological polar surface area (TPSA) is 160 Å². The molecular weight excluding hydrogens is 678 g/mol. The Bertz CT molecular complexity index is 1630. The highest BCUT2D eigenvalue weighted by molar-refractivity contribution is 6.06. The van der Waals surface area contributed by atoms with Crippen LogP contribution in [0.1, 0.15) is 75.6 Å². The molecule has 1 spiro atoms. The number of benzene rings is 2. The standard InChI is InChI=1S/C35H43F4N5O7/c1-21(35(37,38)39)43(19-22-8-11-25(36)12-9-22)28(45)20-44-30(47)34(51-32(44)49)15-14-24-17-23(10-13-26(24)34)18-41-29(46)27(7-5-6-16-40)42-31(48)50-33(2,3)4/h8-13,17,21,27H,5-7,14-16,18-20,40H2,1-4H3,(H,41,46)(H,42,48)/t21-,27?,34+/m0/s1. The Labute approximate surface area is 293 Å². The number of hydrogen-bond donors (Lipinski definition) is 3. The van der Waals surface area contributed by atoms with Gasteiger partial charge in [0.1, 0.15) is 30.0 Å². The molecule has 51 heavy (non-hydrogen) atoms. The number of fused-ring (bicyclic) bond motifs is 2. The van der Waals surface area contributed by atoms with Crippen molar-refractivity contribution in [2.75, 3.05) is 13.1 Å². The lowest BCUT2D eigenvalue weighted by Crippen LogP contribution is -2.51. The predicted octanol–water partition coefficient (Wildman–Crippen LogP) is 4.56. The number of unbranched alkanes of at least 4 members (excludes halogenated alkanes) is 1. The molecular formula is C35H43F4N5O7. The minimum Gasteiger partial charge on any atom is -0.444 e. The highest BCUT2D eigenvalue weighted by atomic mass is 19.4. The molecule has 1 heterocycles. The summed E-state index contributed by atoms with van der Waals surface area (Å²) in [7, 11) is 0. The smallest absolute Gasteiger partial charge is 0.418 e. The van der Waals surface area contributed by atoms with Crippen molar-refractivity contribution in [3.63, 3.8) is 0 Å². The van der Waals surface area contributed by atoms with Crippen LogP contribution in [0, 0.1) is 5.82 Å². The molecule has 4 N–H and O–H groups in total.